The maximum absolute atomic E-state index is 13.5. The van der Waals surface area contributed by atoms with Crippen LogP contribution in [0.2, 0.25) is 0 Å². The zero-order valence-corrected chi connectivity index (χ0v) is 18.5. The first-order chi connectivity index (χ1) is 14.5. The third-order valence-electron chi connectivity index (χ3n) is 6.64. The van der Waals surface area contributed by atoms with Crippen LogP contribution in [0.5, 0.6) is 0 Å². The highest BCUT2D eigenvalue weighted by atomic mass is 16.2. The summed E-state index contributed by atoms with van der Waals surface area (Å²) >= 11 is 0. The average Bonchev–Trinajstić information content (AvgIpc) is 3.16. The highest BCUT2D eigenvalue weighted by molar-refractivity contribution is 5.85. The van der Waals surface area contributed by atoms with E-state index in [1.54, 1.807) is 4.68 Å². The molecule has 0 amide bonds. The molecule has 1 aliphatic carbocycles. The molecule has 0 saturated heterocycles. The van der Waals surface area contributed by atoms with Gasteiger partial charge in [0.2, 0.25) is 5.91 Å². The highest BCUT2D eigenvalue weighted by Gasteiger charge is 2.35. The van der Waals surface area contributed by atoms with E-state index in [1.165, 1.54) is 11.1 Å². The molecule has 0 N–H and O–H groups in total. The topological polar surface area (TPSA) is 34.9 Å². The predicted molar refractivity (Wildman–Crippen MR) is 123 cm³/mol. The van der Waals surface area contributed by atoms with E-state index < -0.39 is 0 Å². The molecule has 3 atom stereocenters. The van der Waals surface area contributed by atoms with E-state index in [2.05, 4.69) is 52.0 Å². The summed E-state index contributed by atoms with van der Waals surface area (Å²) in [5, 5.41) is 4.99. The lowest BCUT2D eigenvalue weighted by Gasteiger charge is -2.28. The minimum atomic E-state index is 0.0781. The summed E-state index contributed by atoms with van der Waals surface area (Å²) < 4.78 is 1.73. The Hall–Kier alpha value is -2.68. The largest absolute Gasteiger partial charge is 0.273 e. The molecule has 0 bridgehead atoms. The lowest BCUT2D eigenvalue weighted by atomic mass is 9.75. The van der Waals surface area contributed by atoms with Gasteiger partial charge in [0.1, 0.15) is 0 Å². The van der Waals surface area contributed by atoms with Gasteiger partial charge in [-0.25, -0.2) is 0 Å². The molecule has 1 aliphatic rings. The molecule has 0 unspecified atom stereocenters. The Morgan fingerprint density at radius 3 is 2.27 bits per heavy atom. The molecule has 3 nitrogen and oxygen atoms in total. The fourth-order valence-corrected chi connectivity index (χ4v) is 4.87. The van der Waals surface area contributed by atoms with Gasteiger partial charge in [0, 0.05) is 23.5 Å². The molecule has 0 aliphatic heterocycles. The van der Waals surface area contributed by atoms with E-state index in [-0.39, 0.29) is 11.8 Å². The van der Waals surface area contributed by atoms with E-state index >= 15 is 0 Å². The summed E-state index contributed by atoms with van der Waals surface area (Å²) in [5.74, 6) is 1.58. The van der Waals surface area contributed by atoms with Crippen LogP contribution in [0.4, 0.5) is 0 Å². The van der Waals surface area contributed by atoms with Crippen molar-refractivity contribution in [1.82, 2.24) is 9.78 Å². The Balaban J connectivity index is 1.79. The van der Waals surface area contributed by atoms with Gasteiger partial charge in [-0.1, -0.05) is 88.4 Å². The molecule has 4 rings (SSSR count). The normalized spacial score (nSPS) is 19.5. The molecule has 3 aromatic rings. The fourth-order valence-electron chi connectivity index (χ4n) is 4.87. The van der Waals surface area contributed by atoms with Gasteiger partial charge in [0.15, 0.2) is 0 Å². The van der Waals surface area contributed by atoms with Crippen LogP contribution in [-0.2, 0) is 0 Å². The summed E-state index contributed by atoms with van der Waals surface area (Å²) in [6, 6.07) is 20.6. The van der Waals surface area contributed by atoms with E-state index in [9.17, 15) is 4.79 Å². The van der Waals surface area contributed by atoms with Gasteiger partial charge in [0.05, 0.1) is 11.4 Å². The van der Waals surface area contributed by atoms with Crippen molar-refractivity contribution in [3.8, 4) is 11.3 Å². The van der Waals surface area contributed by atoms with Crippen LogP contribution in [0.15, 0.2) is 60.7 Å². The third-order valence-corrected chi connectivity index (χ3v) is 6.64. The number of rotatable bonds is 5. The molecule has 1 aromatic heterocycles. The van der Waals surface area contributed by atoms with Gasteiger partial charge in [-0.05, 0) is 36.2 Å². The van der Waals surface area contributed by atoms with Crippen molar-refractivity contribution < 1.29 is 4.79 Å². The molecule has 156 valence electrons. The maximum Gasteiger partial charge on any atom is 0.248 e. The van der Waals surface area contributed by atoms with Crippen LogP contribution in [0.25, 0.3) is 11.3 Å². The van der Waals surface area contributed by atoms with Crippen molar-refractivity contribution in [2.24, 2.45) is 5.92 Å². The van der Waals surface area contributed by atoms with E-state index in [0.717, 1.165) is 29.8 Å². The number of benzene rings is 2. The van der Waals surface area contributed by atoms with Gasteiger partial charge < -0.3 is 0 Å². The summed E-state index contributed by atoms with van der Waals surface area (Å²) in [7, 11) is 0. The molecular formula is C27H32N2O. The Morgan fingerprint density at radius 2 is 1.63 bits per heavy atom. The van der Waals surface area contributed by atoms with Gasteiger partial charge in [-0.3, -0.25) is 4.79 Å². The maximum atomic E-state index is 13.5. The van der Waals surface area contributed by atoms with Crippen LogP contribution in [0.1, 0.15) is 86.3 Å². The van der Waals surface area contributed by atoms with Crippen LogP contribution in [-0.4, -0.2) is 15.7 Å². The van der Waals surface area contributed by atoms with Crippen molar-refractivity contribution in [2.45, 2.75) is 64.7 Å². The van der Waals surface area contributed by atoms with Crippen molar-refractivity contribution in [2.75, 3.05) is 0 Å². The van der Waals surface area contributed by atoms with Crippen molar-refractivity contribution in [1.29, 1.82) is 0 Å². The lowest BCUT2D eigenvalue weighted by Crippen LogP contribution is -2.17. The molecule has 3 heteroatoms. The lowest BCUT2D eigenvalue weighted by molar-refractivity contribution is 0.0880. The minimum Gasteiger partial charge on any atom is -0.273 e. The first-order valence-corrected chi connectivity index (χ1v) is 11.2. The zero-order chi connectivity index (χ0) is 21.3. The number of carbonyl (C=O) groups is 1. The molecule has 0 radical (unpaired) electrons. The Bertz CT molecular complexity index is 1000. The second-order valence-corrected chi connectivity index (χ2v) is 9.16. The number of carbonyl (C=O) groups excluding carboxylic acids is 1. The van der Waals surface area contributed by atoms with E-state index in [0.29, 0.717) is 24.2 Å². The molecular weight excluding hydrogens is 368 g/mol. The fraction of sp³-hybridized carbons (Fsp3) is 0.407. The molecule has 0 fully saturated rings. The number of hydrogen-bond acceptors (Lipinski definition) is 2. The van der Waals surface area contributed by atoms with Crippen LogP contribution in [0.3, 0.4) is 0 Å². The van der Waals surface area contributed by atoms with Crippen molar-refractivity contribution in [3.05, 3.63) is 77.5 Å². The molecule has 1 heterocycles. The average molecular weight is 401 g/mol. The molecule has 30 heavy (non-hydrogen) atoms. The minimum absolute atomic E-state index is 0.0781. The Labute approximate surface area is 180 Å². The van der Waals surface area contributed by atoms with Crippen molar-refractivity contribution in [3.63, 3.8) is 0 Å². The quantitative estimate of drug-likeness (QED) is 0.461. The standard InChI is InChI=1S/C27H32N2O/c1-18(2)23-16-15-19(3)25-26(23)28-29(27(25)22-13-9-6-10-14-22)24(30)17-20(4)21-11-7-5-8-12-21/h5-14,18-20,23H,15-17H2,1-4H3/t19-,20+,23+/m1/s1. The third kappa shape index (κ3) is 3.86. The molecule has 0 saturated carbocycles. The first kappa shape index (κ1) is 20.6. The SMILES string of the molecule is CC(C)[C@@H]1CC[C@@H](C)c2c1nn(C(=O)C[C@H](C)c1ccccc1)c2-c1ccccc1. The summed E-state index contributed by atoms with van der Waals surface area (Å²) in [6.07, 6.45) is 2.74. The highest BCUT2D eigenvalue weighted by Crippen LogP contribution is 2.46. The van der Waals surface area contributed by atoms with Gasteiger partial charge in [-0.15, -0.1) is 0 Å². The Morgan fingerprint density at radius 1 is 1.00 bits per heavy atom. The van der Waals surface area contributed by atoms with Crippen LogP contribution >= 0.6 is 0 Å². The summed E-state index contributed by atoms with van der Waals surface area (Å²) in [5.41, 5.74) is 5.71. The van der Waals surface area contributed by atoms with Gasteiger partial charge >= 0.3 is 0 Å². The van der Waals surface area contributed by atoms with Crippen LogP contribution < -0.4 is 0 Å². The van der Waals surface area contributed by atoms with E-state index in [4.69, 9.17) is 5.10 Å². The summed E-state index contributed by atoms with van der Waals surface area (Å²) in [6.45, 7) is 8.94. The molecule has 0 spiro atoms. The monoisotopic (exact) mass is 400 g/mol. The number of hydrogen-bond donors (Lipinski definition) is 0. The van der Waals surface area contributed by atoms with Gasteiger partial charge in [-0.2, -0.15) is 9.78 Å². The number of nitrogens with zero attached hydrogens (tertiary/aromatic N) is 2. The second-order valence-electron chi connectivity index (χ2n) is 9.16. The van der Waals surface area contributed by atoms with Gasteiger partial charge in [0.25, 0.3) is 0 Å². The Kier molecular flexibility index (Phi) is 5.90. The zero-order valence-electron chi connectivity index (χ0n) is 18.5. The van der Waals surface area contributed by atoms with Crippen molar-refractivity contribution >= 4 is 5.91 Å². The number of fused-ring (bicyclic) bond motifs is 1. The van der Waals surface area contributed by atoms with E-state index in [1.807, 2.05) is 36.4 Å². The summed E-state index contributed by atoms with van der Waals surface area (Å²) in [4.78, 5) is 13.5. The van der Waals surface area contributed by atoms with Crippen LogP contribution in [0, 0.1) is 5.92 Å². The first-order valence-electron chi connectivity index (χ1n) is 11.2. The predicted octanol–water partition coefficient (Wildman–Crippen LogP) is 7.02. The second kappa shape index (κ2) is 8.59. The smallest absolute Gasteiger partial charge is 0.248 e. The number of aromatic nitrogens is 2. The molecule has 2 aromatic carbocycles.